The van der Waals surface area contributed by atoms with Crippen LogP contribution in [0.5, 0.6) is 11.8 Å². The van der Waals surface area contributed by atoms with Crippen LogP contribution in [0.15, 0.2) is 42.6 Å². The van der Waals surface area contributed by atoms with Gasteiger partial charge in [0.15, 0.2) is 0 Å². The SMILES string of the molecule is COC(=O)Nc1nccc2cc(NCc3ccc(OCC4CCN(C)CC4)nc3OC)ccc12. The molecule has 0 radical (unpaired) electrons. The Labute approximate surface area is 199 Å². The highest BCUT2D eigenvalue weighted by Crippen LogP contribution is 2.26. The second-order valence-corrected chi connectivity index (χ2v) is 8.44. The summed E-state index contributed by atoms with van der Waals surface area (Å²) in [5, 5.41) is 7.80. The van der Waals surface area contributed by atoms with Gasteiger partial charge >= 0.3 is 6.09 Å². The molecule has 1 amide bonds. The normalized spacial score (nSPS) is 14.6. The molecule has 4 rings (SSSR count). The van der Waals surface area contributed by atoms with Crippen molar-refractivity contribution in [3.8, 4) is 11.8 Å². The van der Waals surface area contributed by atoms with Crippen LogP contribution in [0.1, 0.15) is 18.4 Å². The van der Waals surface area contributed by atoms with Crippen LogP contribution >= 0.6 is 0 Å². The number of pyridine rings is 2. The second kappa shape index (κ2) is 11.0. The van der Waals surface area contributed by atoms with Gasteiger partial charge in [-0.25, -0.2) is 9.78 Å². The minimum Gasteiger partial charge on any atom is -0.481 e. The lowest BCUT2D eigenvalue weighted by Crippen LogP contribution is -2.32. The highest BCUT2D eigenvalue weighted by molar-refractivity contribution is 5.99. The molecule has 2 aromatic heterocycles. The number of carbonyl (C=O) groups is 1. The summed E-state index contributed by atoms with van der Waals surface area (Å²) in [4.78, 5) is 22.7. The molecule has 1 saturated heterocycles. The number of rotatable bonds is 8. The molecular weight excluding hydrogens is 434 g/mol. The molecule has 0 spiro atoms. The van der Waals surface area contributed by atoms with E-state index in [1.165, 1.54) is 7.11 Å². The zero-order valence-electron chi connectivity index (χ0n) is 19.8. The zero-order valence-corrected chi connectivity index (χ0v) is 19.8. The van der Waals surface area contributed by atoms with Gasteiger partial charge < -0.3 is 24.4 Å². The van der Waals surface area contributed by atoms with Gasteiger partial charge in [-0.05, 0) is 74.6 Å². The minimum atomic E-state index is -0.555. The molecule has 0 atom stereocenters. The molecule has 3 aromatic rings. The predicted octanol–water partition coefficient (Wildman–Crippen LogP) is 4.15. The van der Waals surface area contributed by atoms with Gasteiger partial charge in [-0.3, -0.25) is 5.32 Å². The molecular formula is C25H31N5O4. The van der Waals surface area contributed by atoms with E-state index >= 15 is 0 Å². The van der Waals surface area contributed by atoms with Crippen LogP contribution in [0, 0.1) is 5.92 Å². The maximum absolute atomic E-state index is 11.6. The average molecular weight is 466 g/mol. The lowest BCUT2D eigenvalue weighted by molar-refractivity contribution is 0.156. The number of aromatic nitrogens is 2. The van der Waals surface area contributed by atoms with Crippen molar-refractivity contribution in [2.45, 2.75) is 19.4 Å². The number of fused-ring (bicyclic) bond motifs is 1. The van der Waals surface area contributed by atoms with Crippen molar-refractivity contribution in [2.75, 3.05) is 51.6 Å². The molecule has 0 saturated carbocycles. The number of hydrogen-bond donors (Lipinski definition) is 2. The van der Waals surface area contributed by atoms with Crippen LogP contribution in [0.4, 0.5) is 16.3 Å². The van der Waals surface area contributed by atoms with Crippen molar-refractivity contribution in [1.82, 2.24) is 14.9 Å². The third-order valence-electron chi connectivity index (χ3n) is 6.07. The number of anilines is 2. The molecule has 2 N–H and O–H groups in total. The number of carbonyl (C=O) groups excluding carboxylic acids is 1. The van der Waals surface area contributed by atoms with E-state index in [9.17, 15) is 4.79 Å². The first-order valence-corrected chi connectivity index (χ1v) is 11.4. The molecule has 1 aliphatic rings. The van der Waals surface area contributed by atoms with Crippen molar-refractivity contribution in [1.29, 1.82) is 0 Å². The number of hydrogen-bond acceptors (Lipinski definition) is 8. The summed E-state index contributed by atoms with van der Waals surface area (Å²) in [6.07, 6.45) is 3.39. The van der Waals surface area contributed by atoms with Gasteiger partial charge in [-0.1, -0.05) is 0 Å². The third kappa shape index (κ3) is 5.85. The monoisotopic (exact) mass is 465 g/mol. The third-order valence-corrected chi connectivity index (χ3v) is 6.07. The molecule has 0 aliphatic carbocycles. The highest BCUT2D eigenvalue weighted by Gasteiger charge is 2.18. The predicted molar refractivity (Wildman–Crippen MR) is 132 cm³/mol. The van der Waals surface area contributed by atoms with Crippen molar-refractivity contribution < 1.29 is 19.0 Å². The van der Waals surface area contributed by atoms with E-state index in [-0.39, 0.29) is 0 Å². The first-order valence-electron chi connectivity index (χ1n) is 11.4. The smallest absolute Gasteiger partial charge is 0.412 e. The minimum absolute atomic E-state index is 0.456. The van der Waals surface area contributed by atoms with Crippen LogP contribution in [0.3, 0.4) is 0 Å². The van der Waals surface area contributed by atoms with E-state index in [2.05, 4.69) is 37.3 Å². The van der Waals surface area contributed by atoms with Gasteiger partial charge in [-0.2, -0.15) is 4.98 Å². The average Bonchev–Trinajstić information content (AvgIpc) is 2.87. The number of nitrogens with one attached hydrogen (secondary N) is 2. The number of methoxy groups -OCH3 is 2. The Morgan fingerprint density at radius 1 is 1.15 bits per heavy atom. The van der Waals surface area contributed by atoms with Crippen molar-refractivity contribution in [3.05, 3.63) is 48.2 Å². The van der Waals surface area contributed by atoms with E-state index < -0.39 is 6.09 Å². The van der Waals surface area contributed by atoms with Crippen LogP contribution in [0.25, 0.3) is 10.8 Å². The number of ether oxygens (including phenoxy) is 3. The number of benzene rings is 1. The lowest BCUT2D eigenvalue weighted by atomic mass is 9.98. The van der Waals surface area contributed by atoms with E-state index in [4.69, 9.17) is 9.47 Å². The summed E-state index contributed by atoms with van der Waals surface area (Å²) in [5.74, 6) is 2.15. The Morgan fingerprint density at radius 3 is 2.74 bits per heavy atom. The first kappa shape index (κ1) is 23.6. The van der Waals surface area contributed by atoms with Gasteiger partial charge in [0.05, 0.1) is 20.8 Å². The van der Waals surface area contributed by atoms with Gasteiger partial charge in [0.1, 0.15) is 5.82 Å². The number of nitrogens with zero attached hydrogens (tertiary/aromatic N) is 3. The first-order chi connectivity index (χ1) is 16.6. The van der Waals surface area contributed by atoms with Crippen LogP contribution < -0.4 is 20.1 Å². The summed E-state index contributed by atoms with van der Waals surface area (Å²) in [6.45, 7) is 3.45. The van der Waals surface area contributed by atoms with Crippen LogP contribution in [0.2, 0.25) is 0 Å². The van der Waals surface area contributed by atoms with Crippen LogP contribution in [-0.2, 0) is 11.3 Å². The molecule has 0 bridgehead atoms. The Balaban J connectivity index is 1.39. The zero-order chi connectivity index (χ0) is 23.9. The molecule has 1 fully saturated rings. The van der Waals surface area contributed by atoms with E-state index in [0.29, 0.717) is 36.6 Å². The molecule has 3 heterocycles. The fraction of sp³-hybridized carbons (Fsp3) is 0.400. The topological polar surface area (TPSA) is 97.8 Å². The maximum atomic E-state index is 11.6. The highest BCUT2D eigenvalue weighted by atomic mass is 16.5. The van der Waals surface area contributed by atoms with Gasteiger partial charge in [-0.15, -0.1) is 0 Å². The summed E-state index contributed by atoms with van der Waals surface area (Å²) in [6, 6.07) is 11.6. The lowest BCUT2D eigenvalue weighted by Gasteiger charge is -2.28. The molecule has 9 heteroatoms. The van der Waals surface area contributed by atoms with Crippen LogP contribution in [-0.4, -0.2) is 61.9 Å². The summed E-state index contributed by atoms with van der Waals surface area (Å²) in [7, 11) is 5.09. The largest absolute Gasteiger partial charge is 0.481 e. The number of likely N-dealkylation sites (tertiary alicyclic amines) is 1. The molecule has 180 valence electrons. The van der Waals surface area contributed by atoms with Gasteiger partial charge in [0, 0.05) is 35.4 Å². The van der Waals surface area contributed by atoms with Crippen molar-refractivity contribution >= 4 is 28.4 Å². The molecule has 34 heavy (non-hydrogen) atoms. The quantitative estimate of drug-likeness (QED) is 0.512. The van der Waals surface area contributed by atoms with Gasteiger partial charge in [0.25, 0.3) is 0 Å². The maximum Gasteiger partial charge on any atom is 0.412 e. The molecule has 0 unspecified atom stereocenters. The summed E-state index contributed by atoms with van der Waals surface area (Å²) in [5.41, 5.74) is 1.85. The Bertz CT molecular complexity index is 1130. The second-order valence-electron chi connectivity index (χ2n) is 8.44. The Morgan fingerprint density at radius 2 is 1.97 bits per heavy atom. The molecule has 1 aromatic carbocycles. The Hall–Kier alpha value is -3.59. The van der Waals surface area contributed by atoms with E-state index in [1.807, 2.05) is 36.4 Å². The van der Waals surface area contributed by atoms with Crippen molar-refractivity contribution in [2.24, 2.45) is 5.92 Å². The number of piperidine rings is 1. The fourth-order valence-corrected chi connectivity index (χ4v) is 4.01. The summed E-state index contributed by atoms with van der Waals surface area (Å²) >= 11 is 0. The molecule has 9 nitrogen and oxygen atoms in total. The number of amides is 1. The van der Waals surface area contributed by atoms with E-state index in [1.54, 1.807) is 13.3 Å². The van der Waals surface area contributed by atoms with E-state index in [0.717, 1.165) is 48.0 Å². The molecule has 1 aliphatic heterocycles. The Kier molecular flexibility index (Phi) is 7.64. The van der Waals surface area contributed by atoms with Crippen molar-refractivity contribution in [3.63, 3.8) is 0 Å². The van der Waals surface area contributed by atoms with Gasteiger partial charge in [0.2, 0.25) is 11.8 Å². The summed E-state index contributed by atoms with van der Waals surface area (Å²) < 4.78 is 16.1. The fourth-order valence-electron chi connectivity index (χ4n) is 4.01. The standard InChI is InChI=1S/C25H31N5O4/c1-30-12-9-17(10-13-30)16-34-22-7-4-19(24(28-22)32-2)15-27-20-5-6-21-18(14-20)8-11-26-23(21)29-25(31)33-3/h4-8,11,14,17,27H,9-10,12-13,15-16H2,1-3H3,(H,26,29,31).